The van der Waals surface area contributed by atoms with E-state index in [0.717, 1.165) is 6.54 Å². The highest BCUT2D eigenvalue weighted by Crippen LogP contribution is 2.23. The lowest BCUT2D eigenvalue weighted by Gasteiger charge is -2.09. The van der Waals surface area contributed by atoms with E-state index >= 15 is 0 Å². The fourth-order valence-corrected chi connectivity index (χ4v) is 3.57. The van der Waals surface area contributed by atoms with Crippen LogP contribution in [0.25, 0.3) is 10.8 Å². The van der Waals surface area contributed by atoms with Crippen molar-refractivity contribution >= 4 is 16.5 Å². The monoisotopic (exact) mass is 339 g/mol. The third-order valence-corrected chi connectivity index (χ3v) is 5.14. The van der Waals surface area contributed by atoms with Crippen LogP contribution in [0.5, 0.6) is 0 Å². The van der Waals surface area contributed by atoms with E-state index in [2.05, 4.69) is 54.7 Å². The number of benzene rings is 2. The first-order chi connectivity index (χ1) is 12.4. The summed E-state index contributed by atoms with van der Waals surface area (Å²) in [6.45, 7) is 3.38. The van der Waals surface area contributed by atoms with Crippen LogP contribution in [0.4, 0.5) is 5.69 Å². The second-order valence-corrected chi connectivity index (χ2v) is 7.34. The zero-order chi connectivity index (χ0) is 17.6. The highest BCUT2D eigenvalue weighted by atomic mass is 14.9. The smallest absolute Gasteiger partial charge is 0.0419 e. The van der Waals surface area contributed by atoms with Crippen molar-refractivity contribution in [2.45, 2.75) is 84.0 Å². The zero-order valence-electron chi connectivity index (χ0n) is 16.2. The number of unbranched alkanes of at least 4 members (excludes halogenated alkanes) is 11. The van der Waals surface area contributed by atoms with E-state index in [1.165, 1.54) is 93.5 Å². The molecule has 0 radical (unpaired) electrons. The van der Waals surface area contributed by atoms with Crippen LogP contribution in [-0.2, 0) is 0 Å². The molecule has 0 bridgehead atoms. The summed E-state index contributed by atoms with van der Waals surface area (Å²) in [4.78, 5) is 0. The molecule has 0 saturated carbocycles. The van der Waals surface area contributed by atoms with E-state index in [-0.39, 0.29) is 0 Å². The largest absolute Gasteiger partial charge is 0.385 e. The molecule has 2 aromatic rings. The van der Waals surface area contributed by atoms with Gasteiger partial charge in [0.25, 0.3) is 0 Å². The maximum atomic E-state index is 3.62. The number of rotatable bonds is 14. The zero-order valence-corrected chi connectivity index (χ0v) is 16.2. The van der Waals surface area contributed by atoms with Crippen molar-refractivity contribution in [3.8, 4) is 0 Å². The highest BCUT2D eigenvalue weighted by molar-refractivity contribution is 5.93. The van der Waals surface area contributed by atoms with Gasteiger partial charge in [0.2, 0.25) is 0 Å². The van der Waals surface area contributed by atoms with Crippen LogP contribution in [0.15, 0.2) is 42.5 Å². The molecule has 1 heteroatoms. The second kappa shape index (κ2) is 12.8. The van der Waals surface area contributed by atoms with Crippen LogP contribution >= 0.6 is 0 Å². The number of fused-ring (bicyclic) bond motifs is 1. The van der Waals surface area contributed by atoms with Crippen LogP contribution in [0, 0.1) is 0 Å². The lowest BCUT2D eigenvalue weighted by molar-refractivity contribution is 0.546. The summed E-state index contributed by atoms with van der Waals surface area (Å²) in [7, 11) is 0. The second-order valence-electron chi connectivity index (χ2n) is 7.34. The molecule has 0 fully saturated rings. The molecule has 0 amide bonds. The minimum Gasteiger partial charge on any atom is -0.385 e. The Bertz CT molecular complexity index is 570. The number of hydrogen-bond donors (Lipinski definition) is 1. The van der Waals surface area contributed by atoms with Crippen molar-refractivity contribution in [3.05, 3.63) is 42.5 Å². The molecule has 0 heterocycles. The van der Waals surface area contributed by atoms with Crippen molar-refractivity contribution in [1.82, 2.24) is 0 Å². The first-order valence-corrected chi connectivity index (χ1v) is 10.6. The lowest BCUT2D eigenvalue weighted by atomic mass is 10.1. The summed E-state index contributed by atoms with van der Waals surface area (Å²) < 4.78 is 0. The van der Waals surface area contributed by atoms with E-state index in [0.29, 0.717) is 0 Å². The van der Waals surface area contributed by atoms with Gasteiger partial charge >= 0.3 is 0 Å². The first kappa shape index (κ1) is 19.8. The summed E-state index contributed by atoms with van der Waals surface area (Å²) in [5, 5.41) is 6.28. The van der Waals surface area contributed by atoms with Gasteiger partial charge in [0.05, 0.1) is 0 Å². The average Bonchev–Trinajstić information content (AvgIpc) is 2.65. The molecule has 0 unspecified atom stereocenters. The van der Waals surface area contributed by atoms with Crippen molar-refractivity contribution in [1.29, 1.82) is 0 Å². The summed E-state index contributed by atoms with van der Waals surface area (Å²) in [6, 6.07) is 15.2. The Kier molecular flexibility index (Phi) is 10.2. The van der Waals surface area contributed by atoms with Crippen LogP contribution < -0.4 is 5.32 Å². The van der Waals surface area contributed by atoms with Gasteiger partial charge in [0.15, 0.2) is 0 Å². The molecule has 0 aliphatic heterocycles. The summed E-state index contributed by atoms with van der Waals surface area (Å²) in [5.74, 6) is 0. The molecule has 0 aromatic heterocycles. The number of hydrogen-bond acceptors (Lipinski definition) is 1. The highest BCUT2D eigenvalue weighted by Gasteiger charge is 1.99. The molecule has 25 heavy (non-hydrogen) atoms. The molecular formula is C24H37N. The molecule has 0 atom stereocenters. The Morgan fingerprint density at radius 1 is 0.600 bits per heavy atom. The van der Waals surface area contributed by atoms with Gasteiger partial charge in [-0.2, -0.15) is 0 Å². The van der Waals surface area contributed by atoms with E-state index in [1.807, 2.05) is 0 Å². The molecule has 2 rings (SSSR count). The standard InChI is InChI=1S/C24H37N/c1-2-3-4-5-6-7-8-9-10-11-12-15-21-25-24-20-16-18-22-17-13-14-19-23(22)24/h13-14,16-20,25H,2-12,15,21H2,1H3. The maximum Gasteiger partial charge on any atom is 0.0419 e. The Balaban J connectivity index is 1.46. The molecule has 0 spiro atoms. The van der Waals surface area contributed by atoms with Crippen molar-refractivity contribution < 1.29 is 0 Å². The van der Waals surface area contributed by atoms with Gasteiger partial charge in [-0.25, -0.2) is 0 Å². The molecule has 2 aromatic carbocycles. The van der Waals surface area contributed by atoms with Crippen molar-refractivity contribution in [2.75, 3.05) is 11.9 Å². The lowest BCUT2D eigenvalue weighted by Crippen LogP contribution is -2.01. The normalized spacial score (nSPS) is 11.1. The molecule has 1 N–H and O–H groups in total. The Morgan fingerprint density at radius 2 is 1.16 bits per heavy atom. The fourth-order valence-electron chi connectivity index (χ4n) is 3.57. The molecule has 0 aliphatic rings. The molecular weight excluding hydrogens is 302 g/mol. The van der Waals surface area contributed by atoms with E-state index in [9.17, 15) is 0 Å². The van der Waals surface area contributed by atoms with Crippen molar-refractivity contribution in [2.24, 2.45) is 0 Å². The maximum absolute atomic E-state index is 3.62. The quantitative estimate of drug-likeness (QED) is 0.344. The molecule has 1 nitrogen and oxygen atoms in total. The first-order valence-electron chi connectivity index (χ1n) is 10.6. The number of anilines is 1. The van der Waals surface area contributed by atoms with Gasteiger partial charge in [-0.3, -0.25) is 0 Å². The molecule has 0 saturated heterocycles. The van der Waals surface area contributed by atoms with E-state index in [1.54, 1.807) is 0 Å². The van der Waals surface area contributed by atoms with E-state index < -0.39 is 0 Å². The average molecular weight is 340 g/mol. The summed E-state index contributed by atoms with van der Waals surface area (Å²) in [5.41, 5.74) is 1.28. The number of nitrogens with one attached hydrogen (secondary N) is 1. The minimum absolute atomic E-state index is 1.09. The van der Waals surface area contributed by atoms with Crippen LogP contribution in [0.1, 0.15) is 84.0 Å². The van der Waals surface area contributed by atoms with Crippen LogP contribution in [0.3, 0.4) is 0 Å². The van der Waals surface area contributed by atoms with Gasteiger partial charge in [-0.1, -0.05) is 114 Å². The summed E-state index contributed by atoms with van der Waals surface area (Å²) >= 11 is 0. The topological polar surface area (TPSA) is 12.0 Å². The Hall–Kier alpha value is -1.50. The van der Waals surface area contributed by atoms with Gasteiger partial charge in [-0.15, -0.1) is 0 Å². The van der Waals surface area contributed by atoms with Gasteiger partial charge < -0.3 is 5.32 Å². The predicted octanol–water partition coefficient (Wildman–Crippen LogP) is 7.95. The molecule has 138 valence electrons. The predicted molar refractivity (Wildman–Crippen MR) is 114 cm³/mol. The van der Waals surface area contributed by atoms with E-state index in [4.69, 9.17) is 0 Å². The Morgan fingerprint density at radius 3 is 1.84 bits per heavy atom. The van der Waals surface area contributed by atoms with Gasteiger partial charge in [-0.05, 0) is 17.9 Å². The summed E-state index contributed by atoms with van der Waals surface area (Å²) in [6.07, 6.45) is 16.9. The SMILES string of the molecule is CCCCCCCCCCCCCCNc1cccc2ccccc12. The van der Waals surface area contributed by atoms with Crippen molar-refractivity contribution in [3.63, 3.8) is 0 Å². The third-order valence-electron chi connectivity index (χ3n) is 5.14. The van der Waals surface area contributed by atoms with Crippen LogP contribution in [0.2, 0.25) is 0 Å². The third kappa shape index (κ3) is 7.94. The molecule has 0 aliphatic carbocycles. The Labute approximate surface area is 155 Å². The fraction of sp³-hybridized carbons (Fsp3) is 0.583. The van der Waals surface area contributed by atoms with Crippen LogP contribution in [-0.4, -0.2) is 6.54 Å². The van der Waals surface area contributed by atoms with Gasteiger partial charge in [0.1, 0.15) is 0 Å². The van der Waals surface area contributed by atoms with Gasteiger partial charge in [0, 0.05) is 17.6 Å². The minimum atomic E-state index is 1.09.